The molecule has 0 bridgehead atoms. The Kier molecular flexibility index (Phi) is 51.2. The highest BCUT2D eigenvalue weighted by molar-refractivity contribution is 9.09. The second-order valence-electron chi connectivity index (χ2n) is 36.3. The van der Waals surface area contributed by atoms with E-state index in [0.717, 1.165) is 70.0 Å². The van der Waals surface area contributed by atoms with Crippen LogP contribution < -0.4 is 0 Å². The van der Waals surface area contributed by atoms with Crippen LogP contribution in [0, 0.1) is 29.1 Å². The van der Waals surface area contributed by atoms with E-state index >= 15 is 0 Å². The predicted octanol–water partition coefficient (Wildman–Crippen LogP) is 25.2. The molecule has 2 aromatic rings. The molecule has 0 aliphatic heterocycles. The molecular formula is C75H163Br2N3O9Si7. The van der Waals surface area contributed by atoms with Crippen molar-refractivity contribution in [3.63, 3.8) is 0 Å². The zero-order valence-corrected chi connectivity index (χ0v) is 77.3. The van der Waals surface area contributed by atoms with Crippen LogP contribution in [0.25, 0.3) is 0 Å². The van der Waals surface area contributed by atoms with Crippen molar-refractivity contribution in [3.05, 3.63) is 48.0 Å². The maximum absolute atomic E-state index is 11.3. The molecular weight excluding hydrogens is 1440 g/mol. The molecule has 0 radical (unpaired) electrons. The first-order chi connectivity index (χ1) is 41.7. The molecule has 0 aromatic carbocycles. The third-order valence-electron chi connectivity index (χ3n) is 21.7. The van der Waals surface area contributed by atoms with Crippen LogP contribution in [0.5, 0.6) is 0 Å². The molecule has 0 fully saturated rings. The van der Waals surface area contributed by atoms with E-state index in [9.17, 15) is 10.1 Å². The maximum atomic E-state index is 11.3. The monoisotopic (exact) mass is 1600 g/mol. The topological polar surface area (TPSA) is 157 Å². The number of aliphatic hydroxyl groups is 1. The second kappa shape index (κ2) is 46.0. The van der Waals surface area contributed by atoms with Gasteiger partial charge in [-0.3, -0.25) is 0 Å². The Hall–Kier alpha value is -0.122. The van der Waals surface area contributed by atoms with Gasteiger partial charge in [0, 0.05) is 92.5 Å². The third kappa shape index (κ3) is 40.8. The van der Waals surface area contributed by atoms with Crippen LogP contribution in [-0.2, 0) is 35.8 Å². The highest BCUT2D eigenvalue weighted by atomic mass is 79.9. The van der Waals surface area contributed by atoms with Crippen LogP contribution in [0.4, 0.5) is 0 Å². The molecule has 2 rings (SSSR count). The molecule has 12 nitrogen and oxygen atoms in total. The van der Waals surface area contributed by atoms with Crippen molar-refractivity contribution in [3.8, 4) is 6.07 Å². The van der Waals surface area contributed by atoms with Crippen LogP contribution >= 0.6 is 31.9 Å². The number of halogens is 2. The van der Waals surface area contributed by atoms with Gasteiger partial charge in [-0.2, -0.15) is 5.26 Å². The number of nitrogens with zero attached hydrogens (tertiary/aromatic N) is 1. The molecule has 2 aromatic heterocycles. The van der Waals surface area contributed by atoms with Gasteiger partial charge in [-0.1, -0.05) is 200 Å². The summed E-state index contributed by atoms with van der Waals surface area (Å²) in [4.78, 5) is 18.3. The first-order valence-electron chi connectivity index (χ1n) is 35.0. The van der Waals surface area contributed by atoms with E-state index in [-0.39, 0.29) is 76.9 Å². The summed E-state index contributed by atoms with van der Waals surface area (Å²) in [6, 6.07) is 11.0. The largest absolute Gasteiger partial charge is 0.417 e. The fraction of sp³-hybridized carbons (Fsp3) is 0.867. The number of hydrogen-bond acceptors (Lipinski definition) is 10. The first-order valence-corrected chi connectivity index (χ1v) is 57.6. The van der Waals surface area contributed by atoms with Gasteiger partial charge in [-0.25, -0.2) is 0 Å². The number of alkyl halides is 2. The Morgan fingerprint density at radius 3 is 0.812 bits per heavy atom. The molecule has 0 aliphatic rings. The summed E-state index contributed by atoms with van der Waals surface area (Å²) < 4.78 is 43.7. The predicted molar refractivity (Wildman–Crippen MR) is 450 cm³/mol. The molecule has 0 saturated carbocycles. The molecule has 0 unspecified atom stereocenters. The summed E-state index contributed by atoms with van der Waals surface area (Å²) in [6.07, 6.45) is 10.4. The van der Waals surface area contributed by atoms with E-state index in [1.807, 2.05) is 12.4 Å². The number of rotatable bonds is 32. The van der Waals surface area contributed by atoms with Gasteiger partial charge >= 0.3 is 0 Å². The highest BCUT2D eigenvalue weighted by Gasteiger charge is 2.43. The molecule has 0 amide bonds. The summed E-state index contributed by atoms with van der Waals surface area (Å²) in [5.41, 5.74) is 2.52. The number of aromatic nitrogens is 2. The van der Waals surface area contributed by atoms with E-state index in [0.29, 0.717) is 42.7 Å². The van der Waals surface area contributed by atoms with E-state index in [2.05, 4.69) is 309 Å². The molecule has 574 valence electrons. The molecule has 96 heavy (non-hydrogen) atoms. The summed E-state index contributed by atoms with van der Waals surface area (Å²) in [5.74, 6) is 0.793. The van der Waals surface area contributed by atoms with Crippen molar-refractivity contribution in [1.82, 2.24) is 9.97 Å². The summed E-state index contributed by atoms with van der Waals surface area (Å²) in [5, 5.41) is 20.5. The van der Waals surface area contributed by atoms with Gasteiger partial charge in [0.1, 0.15) is 6.29 Å². The van der Waals surface area contributed by atoms with Crippen LogP contribution in [-0.4, -0.2) is 143 Å². The van der Waals surface area contributed by atoms with Gasteiger partial charge < -0.3 is 50.9 Å². The van der Waals surface area contributed by atoms with Gasteiger partial charge in [0.15, 0.2) is 58.2 Å². The number of aldehydes is 1. The number of nitrogens with one attached hydrogen (secondary N) is 2. The van der Waals surface area contributed by atoms with E-state index in [4.69, 9.17) is 36.1 Å². The fourth-order valence-electron chi connectivity index (χ4n) is 7.37. The number of carbonyl (C=O) groups is 1. The van der Waals surface area contributed by atoms with Gasteiger partial charge in [-0.15, -0.1) is 0 Å². The molecule has 21 heteroatoms. The lowest BCUT2D eigenvalue weighted by Crippen LogP contribution is -2.42. The first kappa shape index (κ1) is 107. The zero-order chi connectivity index (χ0) is 73.8. The normalized spacial score (nSPS) is 13.4. The molecule has 3 N–H and O–H groups in total. The molecule has 0 saturated heterocycles. The number of nitriles is 1. The van der Waals surface area contributed by atoms with Crippen molar-refractivity contribution in [2.75, 3.05) is 63.5 Å². The van der Waals surface area contributed by atoms with Crippen molar-refractivity contribution >= 4 is 96.4 Å². The Balaban J connectivity index is -0.000000285. The third-order valence-corrected chi connectivity index (χ3v) is 54.1. The Morgan fingerprint density at radius 1 is 0.417 bits per heavy atom. The minimum Gasteiger partial charge on any atom is -0.417 e. The molecule has 0 aliphatic carbocycles. The van der Waals surface area contributed by atoms with Crippen LogP contribution in [0.2, 0.25) is 127 Å². The lowest BCUT2D eigenvalue weighted by Gasteiger charge is -2.38. The van der Waals surface area contributed by atoms with Crippen molar-refractivity contribution in [2.24, 2.45) is 17.8 Å². The zero-order valence-electron chi connectivity index (χ0n) is 67.1. The average molecular weight is 1610 g/mol. The standard InChI is InChI=1S/C26H48N2O2Si2.C18H39NO2Si2.C18H40O3Si2.C8H19BrOSi.C2H5BrO.3CH4/c1-25(2,3)31(7,8)29-19-15-21(16-20-30-32(9,10)26(4,5)6)24(22-13-11-17-27-22)23-14-12-18-28-23;2*1-17(2,3)22(7,8)20-13-11-16(15-19)12-14-21-23(9,10)18(4,5)6;1-8(2,3)11(4,5)10-7-6-9;3-1-2-4;;;/h11-14,17-18,21,24,27-28H,15-16,19-20H2,1-10H3;16H,11-14H2,1-10H3;15-16H,11-14H2,1-10H3;6-7H2,1-5H3;4H,1-2H2;3*1H4. The lowest BCUT2D eigenvalue weighted by atomic mass is 9.82. The fourth-order valence-corrected chi connectivity index (χ4v) is 15.2. The average Bonchev–Trinajstić information content (AvgIpc) is 1.52. The molecule has 0 spiro atoms. The lowest BCUT2D eigenvalue weighted by molar-refractivity contribution is -0.111. The Labute approximate surface area is 622 Å². The number of aromatic amines is 2. The van der Waals surface area contributed by atoms with Crippen molar-refractivity contribution in [2.45, 2.75) is 339 Å². The summed E-state index contributed by atoms with van der Waals surface area (Å²) >= 11 is 6.36. The van der Waals surface area contributed by atoms with E-state index in [1.165, 1.54) is 11.4 Å². The van der Waals surface area contributed by atoms with Gasteiger partial charge in [0.05, 0.1) is 18.6 Å². The van der Waals surface area contributed by atoms with Crippen molar-refractivity contribution in [1.29, 1.82) is 5.26 Å². The molecule has 2 heterocycles. The minimum absolute atomic E-state index is 0. The Bertz CT molecular complexity index is 2170. The van der Waals surface area contributed by atoms with Gasteiger partial charge in [-0.05, 0) is 196 Å². The smallest absolute Gasteiger partial charge is 0.192 e. The van der Waals surface area contributed by atoms with Gasteiger partial charge in [0.25, 0.3) is 0 Å². The Morgan fingerprint density at radius 2 is 0.635 bits per heavy atom. The highest BCUT2D eigenvalue weighted by Crippen LogP contribution is 2.43. The molecule has 0 atom stereocenters. The van der Waals surface area contributed by atoms with Crippen LogP contribution in [0.3, 0.4) is 0 Å². The van der Waals surface area contributed by atoms with Crippen LogP contribution in [0.1, 0.15) is 224 Å². The number of carbonyl (C=O) groups excluding carboxylic acids is 1. The van der Waals surface area contributed by atoms with Crippen LogP contribution in [0.15, 0.2) is 36.7 Å². The summed E-state index contributed by atoms with van der Waals surface area (Å²) in [6.45, 7) is 84.9. The second-order valence-corrected chi connectivity index (χ2v) is 71.6. The van der Waals surface area contributed by atoms with Crippen molar-refractivity contribution < 1.29 is 40.9 Å². The van der Waals surface area contributed by atoms with E-state index in [1.54, 1.807) is 0 Å². The number of hydrogen-bond donors (Lipinski definition) is 3. The number of H-pyrrole nitrogens is 2. The van der Waals surface area contributed by atoms with Gasteiger partial charge in [0.2, 0.25) is 0 Å². The van der Waals surface area contributed by atoms with E-state index < -0.39 is 58.2 Å². The number of aliphatic hydroxyl groups excluding tert-OH is 1. The summed E-state index contributed by atoms with van der Waals surface area (Å²) in [7, 11) is -11.8. The minimum atomic E-state index is -1.77. The quantitative estimate of drug-likeness (QED) is 0.0366. The SMILES string of the molecule is C.C.C.CC(C)(C)[Si](C)(C)OCCBr.CC(C)(C)[Si](C)(C)OCCC(C#N)CCO[Si](C)(C)C(C)(C)C.CC(C)(C)[Si](C)(C)OCCC(C=O)CCO[Si](C)(C)C(C)(C)C.CC(C)(C)[Si](C)(C)OCCC(CCO[Si](C)(C)C(C)(C)C)C(c1ccc[nH]1)c1ccc[nH]1.OCCBr. The maximum Gasteiger partial charge on any atom is 0.192 e.